The molecule has 3 aromatic carbocycles. The molecule has 35 heavy (non-hydrogen) atoms. The van der Waals surface area contributed by atoms with Gasteiger partial charge in [0.15, 0.2) is 5.17 Å². The van der Waals surface area contributed by atoms with Crippen LogP contribution in [-0.2, 0) is 11.2 Å². The van der Waals surface area contributed by atoms with Crippen molar-refractivity contribution in [2.75, 3.05) is 0 Å². The van der Waals surface area contributed by atoms with Crippen LogP contribution in [0.2, 0.25) is 5.02 Å². The second kappa shape index (κ2) is 10.3. The van der Waals surface area contributed by atoms with Gasteiger partial charge in [0.25, 0.3) is 0 Å². The Bertz CT molecular complexity index is 1410. The number of halogens is 1. The summed E-state index contributed by atoms with van der Waals surface area (Å²) in [6.07, 6.45) is 4.21. The molecular formula is C27H22ClN5OS. The van der Waals surface area contributed by atoms with E-state index in [9.17, 15) is 4.79 Å². The van der Waals surface area contributed by atoms with Crippen molar-refractivity contribution in [1.82, 2.24) is 15.1 Å². The predicted molar refractivity (Wildman–Crippen MR) is 143 cm³/mol. The van der Waals surface area contributed by atoms with Crippen molar-refractivity contribution in [3.63, 3.8) is 0 Å². The lowest BCUT2D eigenvalue weighted by atomic mass is 10.0. The first-order valence-electron chi connectivity index (χ1n) is 11.1. The number of carbonyl (C=O) groups excluding carboxylic acids is 1. The Morgan fingerprint density at radius 3 is 2.57 bits per heavy atom. The second-order valence-electron chi connectivity index (χ2n) is 8.10. The van der Waals surface area contributed by atoms with E-state index < -0.39 is 0 Å². The van der Waals surface area contributed by atoms with Crippen LogP contribution in [0, 0.1) is 6.92 Å². The quantitative estimate of drug-likeness (QED) is 0.274. The standard InChI is InChI=1S/C27H22ClN5OS/c1-18-7-5-6-8-20(18)15-24-26(34)30-27(35-24)31-29-16-21-17-33(23-9-3-2-4-10-23)32-25(21)19-11-13-22(28)14-12-19/h2-14,16-17,24H,15H2,1H3,(H,30,31,34). The van der Waals surface area contributed by atoms with Crippen molar-refractivity contribution in [2.24, 2.45) is 10.2 Å². The summed E-state index contributed by atoms with van der Waals surface area (Å²) in [5.41, 5.74) is 5.74. The molecule has 0 saturated carbocycles. The summed E-state index contributed by atoms with van der Waals surface area (Å²) >= 11 is 7.47. The normalized spacial score (nSPS) is 16.8. The lowest BCUT2D eigenvalue weighted by Crippen LogP contribution is -2.26. The van der Waals surface area contributed by atoms with Crippen LogP contribution in [-0.4, -0.2) is 32.3 Å². The summed E-state index contributed by atoms with van der Waals surface area (Å²) < 4.78 is 1.81. The minimum atomic E-state index is -0.226. The van der Waals surface area contributed by atoms with Crippen LogP contribution in [0.1, 0.15) is 16.7 Å². The Morgan fingerprint density at radius 1 is 1.06 bits per heavy atom. The van der Waals surface area contributed by atoms with Gasteiger partial charge in [-0.25, -0.2) is 4.68 Å². The highest BCUT2D eigenvalue weighted by atomic mass is 35.5. The van der Waals surface area contributed by atoms with E-state index >= 15 is 0 Å². The number of nitrogens with one attached hydrogen (secondary N) is 1. The zero-order chi connectivity index (χ0) is 24.2. The Labute approximate surface area is 212 Å². The van der Waals surface area contributed by atoms with Crippen LogP contribution in [0.25, 0.3) is 16.9 Å². The monoisotopic (exact) mass is 499 g/mol. The predicted octanol–water partition coefficient (Wildman–Crippen LogP) is 5.67. The summed E-state index contributed by atoms with van der Waals surface area (Å²) in [7, 11) is 0. The fourth-order valence-electron chi connectivity index (χ4n) is 3.80. The molecule has 1 aromatic heterocycles. The van der Waals surface area contributed by atoms with Crippen molar-refractivity contribution in [3.8, 4) is 16.9 Å². The van der Waals surface area contributed by atoms with E-state index in [-0.39, 0.29) is 11.2 Å². The first-order chi connectivity index (χ1) is 17.1. The number of hydrogen-bond donors (Lipinski definition) is 1. The fourth-order valence-corrected chi connectivity index (χ4v) is 4.87. The molecule has 0 bridgehead atoms. The molecule has 1 saturated heterocycles. The molecule has 1 fully saturated rings. The topological polar surface area (TPSA) is 71.6 Å². The molecule has 5 rings (SSSR count). The third kappa shape index (κ3) is 5.37. The summed E-state index contributed by atoms with van der Waals surface area (Å²) in [4.78, 5) is 12.5. The van der Waals surface area contributed by atoms with Gasteiger partial charge >= 0.3 is 0 Å². The van der Waals surface area contributed by atoms with Crippen LogP contribution < -0.4 is 5.32 Å². The Hall–Kier alpha value is -3.68. The van der Waals surface area contributed by atoms with Gasteiger partial charge in [-0.2, -0.15) is 10.2 Å². The summed E-state index contributed by atoms with van der Waals surface area (Å²) in [5, 5.41) is 17.1. The minimum absolute atomic E-state index is 0.0500. The van der Waals surface area contributed by atoms with Crippen molar-refractivity contribution < 1.29 is 4.79 Å². The van der Waals surface area contributed by atoms with Crippen LogP contribution in [0.3, 0.4) is 0 Å². The molecule has 4 aromatic rings. The van der Waals surface area contributed by atoms with Gasteiger partial charge in [-0.1, -0.05) is 78.0 Å². The highest BCUT2D eigenvalue weighted by Gasteiger charge is 2.30. The number of nitrogens with zero attached hydrogens (tertiary/aromatic N) is 4. The zero-order valence-corrected chi connectivity index (χ0v) is 20.5. The molecule has 0 aliphatic carbocycles. The van der Waals surface area contributed by atoms with E-state index in [1.54, 1.807) is 6.21 Å². The lowest BCUT2D eigenvalue weighted by molar-refractivity contribution is -0.118. The number of amides is 1. The first kappa shape index (κ1) is 23.1. The molecule has 1 aliphatic heterocycles. The van der Waals surface area contributed by atoms with E-state index in [1.807, 2.05) is 77.6 Å². The van der Waals surface area contributed by atoms with E-state index in [2.05, 4.69) is 34.6 Å². The molecule has 0 radical (unpaired) electrons. The highest BCUT2D eigenvalue weighted by molar-refractivity contribution is 8.15. The maximum atomic E-state index is 12.5. The Balaban J connectivity index is 1.38. The number of rotatable bonds is 6. The average molecular weight is 500 g/mol. The average Bonchev–Trinajstić information content (AvgIpc) is 3.45. The van der Waals surface area contributed by atoms with E-state index in [1.165, 1.54) is 17.3 Å². The third-order valence-corrected chi connectivity index (χ3v) is 6.99. The minimum Gasteiger partial charge on any atom is -0.303 e. The summed E-state index contributed by atoms with van der Waals surface area (Å²) in [6.45, 7) is 2.06. The van der Waals surface area contributed by atoms with Gasteiger partial charge in [-0.05, 0) is 48.7 Å². The van der Waals surface area contributed by atoms with Crippen molar-refractivity contribution >= 4 is 40.7 Å². The van der Waals surface area contributed by atoms with Crippen LogP contribution in [0.15, 0.2) is 95.3 Å². The van der Waals surface area contributed by atoms with Crippen molar-refractivity contribution in [3.05, 3.63) is 107 Å². The van der Waals surface area contributed by atoms with E-state index in [0.29, 0.717) is 16.6 Å². The number of amidine groups is 1. The van der Waals surface area contributed by atoms with Gasteiger partial charge < -0.3 is 5.32 Å². The SMILES string of the molecule is Cc1ccccc1CC1S/C(=N/N=Cc2cn(-c3ccccc3)nc2-c2ccc(Cl)cc2)NC1=O. The molecule has 1 unspecified atom stereocenters. The van der Waals surface area contributed by atoms with Crippen molar-refractivity contribution in [2.45, 2.75) is 18.6 Å². The lowest BCUT2D eigenvalue weighted by Gasteiger charge is -2.07. The summed E-state index contributed by atoms with van der Waals surface area (Å²) in [6, 6.07) is 25.5. The molecule has 174 valence electrons. The first-order valence-corrected chi connectivity index (χ1v) is 12.4. The largest absolute Gasteiger partial charge is 0.303 e. The number of aromatic nitrogens is 2. The molecule has 0 spiro atoms. The highest BCUT2D eigenvalue weighted by Crippen LogP contribution is 2.26. The van der Waals surface area contributed by atoms with E-state index in [4.69, 9.17) is 16.7 Å². The Kier molecular flexibility index (Phi) is 6.79. The fraction of sp³-hybridized carbons (Fsp3) is 0.111. The van der Waals surface area contributed by atoms with Crippen LogP contribution in [0.4, 0.5) is 0 Å². The number of para-hydroxylation sites is 1. The molecule has 2 heterocycles. The zero-order valence-electron chi connectivity index (χ0n) is 18.9. The summed E-state index contributed by atoms with van der Waals surface area (Å²) in [5.74, 6) is -0.0500. The van der Waals surface area contributed by atoms with Gasteiger partial charge in [0.2, 0.25) is 5.91 Å². The number of benzene rings is 3. The molecule has 1 atom stereocenters. The number of aryl methyl sites for hydroxylation is 1. The molecule has 1 N–H and O–H groups in total. The third-order valence-electron chi connectivity index (χ3n) is 5.67. The number of thioether (sulfide) groups is 1. The van der Waals surface area contributed by atoms with Crippen molar-refractivity contribution in [1.29, 1.82) is 0 Å². The van der Waals surface area contributed by atoms with Gasteiger partial charge in [0.05, 0.1) is 17.2 Å². The van der Waals surface area contributed by atoms with Gasteiger partial charge in [0, 0.05) is 22.3 Å². The van der Waals surface area contributed by atoms with E-state index in [0.717, 1.165) is 28.1 Å². The van der Waals surface area contributed by atoms with Gasteiger partial charge in [-0.3, -0.25) is 4.79 Å². The molecule has 8 heteroatoms. The Morgan fingerprint density at radius 2 is 1.80 bits per heavy atom. The molecular weight excluding hydrogens is 478 g/mol. The number of hydrogen-bond acceptors (Lipinski definition) is 5. The van der Waals surface area contributed by atoms with Crippen LogP contribution in [0.5, 0.6) is 0 Å². The maximum absolute atomic E-state index is 12.5. The maximum Gasteiger partial charge on any atom is 0.239 e. The second-order valence-corrected chi connectivity index (χ2v) is 9.72. The van der Waals surface area contributed by atoms with Gasteiger partial charge in [0.1, 0.15) is 5.69 Å². The van der Waals surface area contributed by atoms with Crippen LogP contribution >= 0.6 is 23.4 Å². The molecule has 1 amide bonds. The molecule has 6 nitrogen and oxygen atoms in total. The smallest absolute Gasteiger partial charge is 0.239 e. The van der Waals surface area contributed by atoms with Gasteiger partial charge in [-0.15, -0.1) is 5.10 Å². The molecule has 1 aliphatic rings. The number of carbonyl (C=O) groups is 1.